The Kier molecular flexibility index (Phi) is 3.51. The Bertz CT molecular complexity index is 603. The first-order valence-corrected chi connectivity index (χ1v) is 6.67. The highest BCUT2D eigenvalue weighted by Crippen LogP contribution is 2.17. The molecule has 2 aromatic heterocycles. The summed E-state index contributed by atoms with van der Waals surface area (Å²) < 4.78 is 1.69. The molecule has 3 heterocycles. The lowest BCUT2D eigenvalue weighted by Crippen LogP contribution is -2.29. The van der Waals surface area contributed by atoms with E-state index in [0.29, 0.717) is 6.54 Å². The van der Waals surface area contributed by atoms with Crippen molar-refractivity contribution in [3.63, 3.8) is 0 Å². The van der Waals surface area contributed by atoms with Crippen LogP contribution >= 0.6 is 0 Å². The van der Waals surface area contributed by atoms with E-state index in [0.717, 1.165) is 31.6 Å². The van der Waals surface area contributed by atoms with Gasteiger partial charge in [-0.15, -0.1) is 0 Å². The average molecular weight is 275 g/mol. The summed E-state index contributed by atoms with van der Waals surface area (Å²) in [4.78, 5) is 12.9. The van der Waals surface area contributed by atoms with Crippen molar-refractivity contribution in [3.8, 4) is 0 Å². The van der Waals surface area contributed by atoms with E-state index in [1.165, 1.54) is 11.3 Å². The van der Waals surface area contributed by atoms with Crippen LogP contribution in [0.2, 0.25) is 0 Å². The molecule has 0 atom stereocenters. The van der Waals surface area contributed by atoms with Crippen molar-refractivity contribution >= 4 is 5.97 Å². The first-order chi connectivity index (χ1) is 9.70. The van der Waals surface area contributed by atoms with Crippen LogP contribution in [-0.4, -0.2) is 42.5 Å². The van der Waals surface area contributed by atoms with Gasteiger partial charge in [-0.2, -0.15) is 10.2 Å². The molecule has 1 aliphatic heterocycles. The number of hydrogen-bond acceptors (Lipinski definition) is 4. The van der Waals surface area contributed by atoms with E-state index in [4.69, 9.17) is 5.11 Å². The number of rotatable bonds is 5. The first kappa shape index (κ1) is 12.9. The first-order valence-electron chi connectivity index (χ1n) is 6.67. The van der Waals surface area contributed by atoms with Crippen LogP contribution in [0.15, 0.2) is 18.6 Å². The van der Waals surface area contributed by atoms with Gasteiger partial charge in [0.05, 0.1) is 25.4 Å². The summed E-state index contributed by atoms with van der Waals surface area (Å²) in [6.07, 6.45) is 6.71. The molecule has 0 radical (unpaired) electrons. The van der Waals surface area contributed by atoms with Crippen molar-refractivity contribution in [1.82, 2.24) is 24.9 Å². The summed E-state index contributed by atoms with van der Waals surface area (Å²) in [7, 11) is 0. The fraction of sp³-hybridized carbons (Fsp3) is 0.462. The highest BCUT2D eigenvalue weighted by atomic mass is 16.4. The highest BCUT2D eigenvalue weighted by molar-refractivity contribution is 5.66. The molecule has 0 fully saturated rings. The second-order valence-corrected chi connectivity index (χ2v) is 5.09. The Labute approximate surface area is 116 Å². The maximum atomic E-state index is 10.5. The summed E-state index contributed by atoms with van der Waals surface area (Å²) >= 11 is 0. The van der Waals surface area contributed by atoms with Gasteiger partial charge in [-0.3, -0.25) is 19.5 Å². The molecule has 20 heavy (non-hydrogen) atoms. The van der Waals surface area contributed by atoms with Gasteiger partial charge in [0.1, 0.15) is 0 Å². The number of fused-ring (bicyclic) bond motifs is 1. The van der Waals surface area contributed by atoms with E-state index in [1.54, 1.807) is 4.68 Å². The molecule has 0 bridgehead atoms. The summed E-state index contributed by atoms with van der Waals surface area (Å²) in [5, 5.41) is 19.9. The van der Waals surface area contributed by atoms with Gasteiger partial charge in [0.2, 0.25) is 0 Å². The molecule has 0 aromatic carbocycles. The molecule has 0 aliphatic carbocycles. The number of carboxylic acid groups (broad SMARTS) is 1. The maximum absolute atomic E-state index is 10.5. The van der Waals surface area contributed by atoms with Gasteiger partial charge in [0, 0.05) is 49.1 Å². The lowest BCUT2D eigenvalue weighted by atomic mass is 10.1. The van der Waals surface area contributed by atoms with Crippen molar-refractivity contribution in [2.45, 2.75) is 32.5 Å². The number of carboxylic acids is 1. The highest BCUT2D eigenvalue weighted by Gasteiger charge is 2.18. The molecule has 7 nitrogen and oxygen atoms in total. The number of aliphatic carboxylic acids is 1. The van der Waals surface area contributed by atoms with E-state index in [1.807, 2.05) is 18.6 Å². The molecular weight excluding hydrogens is 258 g/mol. The van der Waals surface area contributed by atoms with E-state index in [2.05, 4.69) is 20.2 Å². The zero-order valence-electron chi connectivity index (χ0n) is 11.1. The molecule has 0 spiro atoms. The largest absolute Gasteiger partial charge is 0.481 e. The van der Waals surface area contributed by atoms with E-state index >= 15 is 0 Å². The van der Waals surface area contributed by atoms with E-state index < -0.39 is 5.97 Å². The van der Waals surface area contributed by atoms with Gasteiger partial charge >= 0.3 is 5.97 Å². The Morgan fingerprint density at radius 3 is 3.20 bits per heavy atom. The molecule has 0 saturated heterocycles. The van der Waals surface area contributed by atoms with Crippen molar-refractivity contribution in [2.75, 3.05) is 6.54 Å². The van der Waals surface area contributed by atoms with Gasteiger partial charge in [0.15, 0.2) is 0 Å². The zero-order chi connectivity index (χ0) is 13.9. The van der Waals surface area contributed by atoms with Crippen molar-refractivity contribution in [2.24, 2.45) is 0 Å². The zero-order valence-corrected chi connectivity index (χ0v) is 11.1. The number of aryl methyl sites for hydroxylation is 1. The van der Waals surface area contributed by atoms with Gasteiger partial charge in [-0.25, -0.2) is 0 Å². The number of nitrogens with zero attached hydrogens (tertiary/aromatic N) is 4. The Morgan fingerprint density at radius 1 is 1.45 bits per heavy atom. The quantitative estimate of drug-likeness (QED) is 0.836. The molecule has 2 aromatic rings. The smallest absolute Gasteiger partial charge is 0.305 e. The summed E-state index contributed by atoms with van der Waals surface area (Å²) in [6.45, 7) is 3.14. The predicted molar refractivity (Wildman–Crippen MR) is 70.9 cm³/mol. The normalized spacial score (nSPS) is 15.2. The van der Waals surface area contributed by atoms with Gasteiger partial charge in [0.25, 0.3) is 0 Å². The number of H-pyrrole nitrogens is 1. The molecule has 0 saturated carbocycles. The van der Waals surface area contributed by atoms with Gasteiger partial charge < -0.3 is 5.11 Å². The minimum absolute atomic E-state index is 0.100. The monoisotopic (exact) mass is 275 g/mol. The summed E-state index contributed by atoms with van der Waals surface area (Å²) in [5.41, 5.74) is 3.61. The molecule has 0 amide bonds. The second kappa shape index (κ2) is 5.46. The molecular formula is C13H17N5O2. The van der Waals surface area contributed by atoms with Gasteiger partial charge in [-0.05, 0) is 0 Å². The number of carbonyl (C=O) groups is 1. The molecule has 2 N–H and O–H groups in total. The topological polar surface area (TPSA) is 87.0 Å². The van der Waals surface area contributed by atoms with Gasteiger partial charge in [-0.1, -0.05) is 0 Å². The second-order valence-electron chi connectivity index (χ2n) is 5.09. The van der Waals surface area contributed by atoms with Crippen LogP contribution in [0.1, 0.15) is 23.2 Å². The SMILES string of the molecule is O=C(O)CCn1cc(CN2CCc3[nH]ncc3C2)cn1. The Hall–Kier alpha value is -2.15. The molecule has 1 aliphatic rings. The third-order valence-electron chi connectivity index (χ3n) is 3.53. The van der Waals surface area contributed by atoms with Crippen LogP contribution < -0.4 is 0 Å². The average Bonchev–Trinajstić information content (AvgIpc) is 3.04. The summed E-state index contributed by atoms with van der Waals surface area (Å²) in [5.74, 6) is -0.800. The maximum Gasteiger partial charge on any atom is 0.305 e. The fourth-order valence-corrected chi connectivity index (χ4v) is 2.49. The molecule has 7 heteroatoms. The third-order valence-corrected chi connectivity index (χ3v) is 3.53. The standard InChI is InChI=1S/C13H17N5O2/c19-13(20)2-4-18-8-10(5-15-18)7-17-3-1-12-11(9-17)6-14-16-12/h5-6,8H,1-4,7,9H2,(H,14,16)(H,19,20). The molecule has 3 rings (SSSR count). The summed E-state index contributed by atoms with van der Waals surface area (Å²) in [6, 6.07) is 0. The number of aromatic amines is 1. The Balaban J connectivity index is 1.57. The molecule has 0 unspecified atom stereocenters. The number of nitrogens with one attached hydrogen (secondary N) is 1. The minimum atomic E-state index is -0.800. The Morgan fingerprint density at radius 2 is 2.35 bits per heavy atom. The van der Waals surface area contributed by atoms with Crippen LogP contribution in [0.25, 0.3) is 0 Å². The van der Waals surface area contributed by atoms with E-state index in [9.17, 15) is 4.79 Å². The lowest BCUT2D eigenvalue weighted by molar-refractivity contribution is -0.137. The van der Waals surface area contributed by atoms with Crippen molar-refractivity contribution in [1.29, 1.82) is 0 Å². The van der Waals surface area contributed by atoms with Crippen LogP contribution in [0.3, 0.4) is 0 Å². The number of hydrogen-bond donors (Lipinski definition) is 2. The van der Waals surface area contributed by atoms with Crippen LogP contribution in [0, 0.1) is 0 Å². The number of aromatic nitrogens is 4. The van der Waals surface area contributed by atoms with Crippen LogP contribution in [0.4, 0.5) is 0 Å². The third kappa shape index (κ3) is 2.88. The fourth-order valence-electron chi connectivity index (χ4n) is 2.49. The van der Waals surface area contributed by atoms with Crippen LogP contribution in [0.5, 0.6) is 0 Å². The van der Waals surface area contributed by atoms with Crippen LogP contribution in [-0.2, 0) is 30.8 Å². The molecule has 106 valence electrons. The predicted octanol–water partition coefficient (Wildman–Crippen LogP) is 0.639. The van der Waals surface area contributed by atoms with Crippen molar-refractivity contribution in [3.05, 3.63) is 35.4 Å². The van der Waals surface area contributed by atoms with E-state index in [-0.39, 0.29) is 6.42 Å². The minimum Gasteiger partial charge on any atom is -0.481 e. The lowest BCUT2D eigenvalue weighted by Gasteiger charge is -2.25. The van der Waals surface area contributed by atoms with Crippen molar-refractivity contribution < 1.29 is 9.90 Å².